The zero-order chi connectivity index (χ0) is 16.8. The molecular formula is C14H23NO5S2. The monoisotopic (exact) mass is 349 g/mol. The van der Waals surface area contributed by atoms with Gasteiger partial charge >= 0.3 is 0 Å². The van der Waals surface area contributed by atoms with Gasteiger partial charge in [0.15, 0.2) is 0 Å². The molecule has 1 atom stereocenters. The van der Waals surface area contributed by atoms with E-state index in [1.807, 2.05) is 6.26 Å². The first kappa shape index (κ1) is 19.1. The lowest BCUT2D eigenvalue weighted by Gasteiger charge is -2.23. The van der Waals surface area contributed by atoms with Gasteiger partial charge in [-0.2, -0.15) is 11.8 Å². The Balaban J connectivity index is 2.95. The van der Waals surface area contributed by atoms with Crippen molar-refractivity contribution in [3.63, 3.8) is 0 Å². The van der Waals surface area contributed by atoms with E-state index in [9.17, 15) is 13.5 Å². The number of thioether (sulfide) groups is 1. The molecule has 0 aromatic heterocycles. The van der Waals surface area contributed by atoms with Crippen molar-refractivity contribution in [2.75, 3.05) is 32.8 Å². The molecule has 22 heavy (non-hydrogen) atoms. The second-order valence-electron chi connectivity index (χ2n) is 5.08. The molecule has 0 aliphatic carbocycles. The van der Waals surface area contributed by atoms with Crippen LogP contribution in [0, 0.1) is 0 Å². The summed E-state index contributed by atoms with van der Waals surface area (Å²) in [6, 6.07) is 4.53. The Bertz CT molecular complexity index is 587. The minimum absolute atomic E-state index is 0.0185. The van der Waals surface area contributed by atoms with Crippen molar-refractivity contribution >= 4 is 21.8 Å². The SMILES string of the molecule is COc1ccc(OC)c(S(=O)(=O)NC[C@](C)(O)CCSC)c1. The molecule has 0 spiro atoms. The first-order chi connectivity index (χ1) is 10.3. The fourth-order valence-electron chi connectivity index (χ4n) is 1.73. The van der Waals surface area contributed by atoms with E-state index in [0.717, 1.165) is 5.75 Å². The van der Waals surface area contributed by atoms with Crippen LogP contribution in [0.5, 0.6) is 11.5 Å². The van der Waals surface area contributed by atoms with Crippen LogP contribution in [0.4, 0.5) is 0 Å². The summed E-state index contributed by atoms with van der Waals surface area (Å²) in [6.45, 7) is 1.53. The van der Waals surface area contributed by atoms with Gasteiger partial charge in [0.25, 0.3) is 0 Å². The van der Waals surface area contributed by atoms with Crippen LogP contribution in [-0.4, -0.2) is 51.9 Å². The smallest absolute Gasteiger partial charge is 0.244 e. The molecule has 0 unspecified atom stereocenters. The van der Waals surface area contributed by atoms with E-state index < -0.39 is 15.6 Å². The maximum Gasteiger partial charge on any atom is 0.244 e. The minimum Gasteiger partial charge on any atom is -0.497 e. The molecule has 6 nitrogen and oxygen atoms in total. The summed E-state index contributed by atoms with van der Waals surface area (Å²) >= 11 is 1.60. The third kappa shape index (κ3) is 5.35. The van der Waals surface area contributed by atoms with Gasteiger partial charge in [0.2, 0.25) is 10.0 Å². The predicted molar refractivity (Wildman–Crippen MR) is 88.4 cm³/mol. The Morgan fingerprint density at radius 1 is 1.32 bits per heavy atom. The molecule has 1 aromatic rings. The molecule has 0 fully saturated rings. The summed E-state index contributed by atoms with van der Waals surface area (Å²) in [5.74, 6) is 1.38. The summed E-state index contributed by atoms with van der Waals surface area (Å²) in [5, 5.41) is 10.2. The molecule has 0 radical (unpaired) electrons. The van der Waals surface area contributed by atoms with Crippen LogP contribution in [0.25, 0.3) is 0 Å². The van der Waals surface area contributed by atoms with Crippen LogP contribution in [0.1, 0.15) is 13.3 Å². The maximum absolute atomic E-state index is 12.4. The topological polar surface area (TPSA) is 84.9 Å². The van der Waals surface area contributed by atoms with Crippen LogP contribution in [0.3, 0.4) is 0 Å². The number of ether oxygens (including phenoxy) is 2. The molecule has 1 rings (SSSR count). The van der Waals surface area contributed by atoms with Gasteiger partial charge in [-0.15, -0.1) is 0 Å². The summed E-state index contributed by atoms with van der Waals surface area (Å²) in [4.78, 5) is -0.0185. The first-order valence-electron chi connectivity index (χ1n) is 6.69. The lowest BCUT2D eigenvalue weighted by molar-refractivity contribution is 0.0626. The Morgan fingerprint density at radius 2 is 2.00 bits per heavy atom. The number of aliphatic hydroxyl groups is 1. The van der Waals surface area contributed by atoms with E-state index in [1.165, 1.54) is 26.4 Å². The van der Waals surface area contributed by atoms with Crippen molar-refractivity contribution in [1.82, 2.24) is 4.72 Å². The van der Waals surface area contributed by atoms with Crippen LogP contribution >= 0.6 is 11.8 Å². The van der Waals surface area contributed by atoms with E-state index in [4.69, 9.17) is 9.47 Å². The molecule has 0 aliphatic heterocycles. The molecule has 0 aliphatic rings. The zero-order valence-corrected chi connectivity index (χ0v) is 14.9. The van der Waals surface area contributed by atoms with E-state index in [0.29, 0.717) is 12.2 Å². The van der Waals surface area contributed by atoms with E-state index in [1.54, 1.807) is 24.8 Å². The van der Waals surface area contributed by atoms with Crippen LogP contribution in [0.2, 0.25) is 0 Å². The van der Waals surface area contributed by atoms with Gasteiger partial charge in [-0.05, 0) is 37.5 Å². The molecule has 1 aromatic carbocycles. The van der Waals surface area contributed by atoms with Gasteiger partial charge in [0.1, 0.15) is 16.4 Å². The van der Waals surface area contributed by atoms with Crippen molar-refractivity contribution in [2.45, 2.75) is 23.8 Å². The average Bonchev–Trinajstić information content (AvgIpc) is 2.50. The van der Waals surface area contributed by atoms with Crippen molar-refractivity contribution < 1.29 is 23.0 Å². The molecular weight excluding hydrogens is 326 g/mol. The van der Waals surface area contributed by atoms with Gasteiger partial charge in [-0.25, -0.2) is 13.1 Å². The lowest BCUT2D eigenvalue weighted by Crippen LogP contribution is -2.41. The van der Waals surface area contributed by atoms with Crippen molar-refractivity contribution in [3.05, 3.63) is 18.2 Å². The van der Waals surface area contributed by atoms with Gasteiger partial charge < -0.3 is 14.6 Å². The Hall–Kier alpha value is -0.960. The molecule has 8 heteroatoms. The number of nitrogens with one attached hydrogen (secondary N) is 1. The largest absolute Gasteiger partial charge is 0.497 e. The molecule has 0 heterocycles. The lowest BCUT2D eigenvalue weighted by atomic mass is 10.1. The highest BCUT2D eigenvalue weighted by Gasteiger charge is 2.26. The summed E-state index contributed by atoms with van der Waals surface area (Å²) in [5.41, 5.74) is -1.11. The Labute approximate surface area is 136 Å². The quantitative estimate of drug-likeness (QED) is 0.703. The second kappa shape index (κ2) is 8.05. The summed E-state index contributed by atoms with van der Waals surface area (Å²) in [7, 11) is -0.960. The molecule has 0 saturated heterocycles. The molecule has 0 saturated carbocycles. The predicted octanol–water partition coefficient (Wildman–Crippen LogP) is 1.49. The van der Waals surface area contributed by atoms with E-state index >= 15 is 0 Å². The van der Waals surface area contributed by atoms with E-state index in [-0.39, 0.29) is 17.2 Å². The highest BCUT2D eigenvalue weighted by Crippen LogP contribution is 2.28. The number of hydrogen-bond donors (Lipinski definition) is 2. The third-order valence-corrected chi connectivity index (χ3v) is 5.18. The fourth-order valence-corrected chi connectivity index (χ4v) is 3.72. The van der Waals surface area contributed by atoms with Crippen LogP contribution in [0.15, 0.2) is 23.1 Å². The van der Waals surface area contributed by atoms with Crippen LogP contribution < -0.4 is 14.2 Å². The van der Waals surface area contributed by atoms with Crippen molar-refractivity contribution in [2.24, 2.45) is 0 Å². The first-order valence-corrected chi connectivity index (χ1v) is 9.56. The zero-order valence-electron chi connectivity index (χ0n) is 13.3. The minimum atomic E-state index is -3.82. The standard InChI is InChI=1S/C14H23NO5S2/c1-14(16,7-8-21-4)10-15-22(17,18)13-9-11(19-2)5-6-12(13)20-3/h5-6,9,15-16H,7-8,10H2,1-4H3/t14-/m1/s1. The van der Waals surface area contributed by atoms with Crippen LogP contribution in [-0.2, 0) is 10.0 Å². The maximum atomic E-state index is 12.4. The Kier molecular flexibility index (Phi) is 6.98. The van der Waals surface area contributed by atoms with Gasteiger partial charge in [-0.3, -0.25) is 0 Å². The summed E-state index contributed by atoms with van der Waals surface area (Å²) in [6.07, 6.45) is 2.42. The number of rotatable bonds is 9. The van der Waals surface area contributed by atoms with Gasteiger partial charge in [0, 0.05) is 12.6 Å². The highest BCUT2D eigenvalue weighted by atomic mass is 32.2. The van der Waals surface area contributed by atoms with Gasteiger partial charge in [0.05, 0.1) is 19.8 Å². The Morgan fingerprint density at radius 3 is 2.55 bits per heavy atom. The fraction of sp³-hybridized carbons (Fsp3) is 0.571. The number of methoxy groups -OCH3 is 2. The van der Waals surface area contributed by atoms with Crippen molar-refractivity contribution in [3.8, 4) is 11.5 Å². The van der Waals surface area contributed by atoms with Gasteiger partial charge in [-0.1, -0.05) is 0 Å². The molecule has 0 amide bonds. The second-order valence-corrected chi connectivity index (χ2v) is 7.80. The molecule has 126 valence electrons. The normalized spacial score (nSPS) is 14.4. The highest BCUT2D eigenvalue weighted by molar-refractivity contribution is 7.98. The summed E-state index contributed by atoms with van der Waals surface area (Å²) < 4.78 is 37.4. The number of benzene rings is 1. The number of sulfonamides is 1. The average molecular weight is 349 g/mol. The molecule has 0 bridgehead atoms. The molecule has 2 N–H and O–H groups in total. The van der Waals surface area contributed by atoms with Crippen molar-refractivity contribution in [1.29, 1.82) is 0 Å². The third-order valence-electron chi connectivity index (χ3n) is 3.15. The van der Waals surface area contributed by atoms with E-state index in [2.05, 4.69) is 4.72 Å². The number of hydrogen-bond acceptors (Lipinski definition) is 6.